The van der Waals surface area contributed by atoms with Crippen LogP contribution in [-0.2, 0) is 10.5 Å². The van der Waals surface area contributed by atoms with Gasteiger partial charge in [-0.15, -0.1) is 0 Å². The van der Waals surface area contributed by atoms with Crippen molar-refractivity contribution in [1.29, 1.82) is 0 Å². The smallest absolute Gasteiger partial charge is 0.219 e. The van der Waals surface area contributed by atoms with Gasteiger partial charge >= 0.3 is 0 Å². The SMILES string of the molecule is CC1O[C@@]1(O)c1ccc(Br)cc1.[Ac]. The Morgan fingerprint density at radius 3 is 2.23 bits per heavy atom. The van der Waals surface area contributed by atoms with Crippen molar-refractivity contribution in [3.05, 3.63) is 34.3 Å². The van der Waals surface area contributed by atoms with Gasteiger partial charge in [0.25, 0.3) is 0 Å². The predicted octanol–water partition coefficient (Wildman–Crippen LogP) is 2.01. The van der Waals surface area contributed by atoms with Crippen LogP contribution in [0.1, 0.15) is 12.5 Å². The summed E-state index contributed by atoms with van der Waals surface area (Å²) in [5, 5.41) is 9.72. The molecule has 67 valence electrons. The average molecular weight is 456 g/mol. The first-order valence-electron chi connectivity index (χ1n) is 3.79. The maximum atomic E-state index is 9.72. The third-order valence-electron chi connectivity index (χ3n) is 2.11. The van der Waals surface area contributed by atoms with Crippen molar-refractivity contribution >= 4 is 15.9 Å². The van der Waals surface area contributed by atoms with Gasteiger partial charge in [0.1, 0.15) is 6.10 Å². The van der Waals surface area contributed by atoms with Crippen molar-refractivity contribution in [2.24, 2.45) is 0 Å². The molecule has 1 N–H and O–H groups in total. The molecule has 0 amide bonds. The molecule has 1 aromatic carbocycles. The van der Waals surface area contributed by atoms with E-state index in [-0.39, 0.29) is 50.2 Å². The summed E-state index contributed by atoms with van der Waals surface area (Å²) >= 11 is 3.33. The van der Waals surface area contributed by atoms with Crippen LogP contribution in [0.2, 0.25) is 0 Å². The van der Waals surface area contributed by atoms with E-state index < -0.39 is 5.79 Å². The van der Waals surface area contributed by atoms with Crippen LogP contribution in [0.25, 0.3) is 0 Å². The van der Waals surface area contributed by atoms with Gasteiger partial charge in [-0.1, -0.05) is 28.1 Å². The summed E-state index contributed by atoms with van der Waals surface area (Å²) in [6.07, 6.45) is -0.0846. The molecular formula is C9H9AcBrO2. The first kappa shape index (κ1) is 12.1. The minimum Gasteiger partial charge on any atom is -0.360 e. The molecule has 0 aromatic heterocycles. The normalized spacial score (nSPS) is 30.8. The zero-order valence-corrected chi connectivity index (χ0v) is 13.5. The second kappa shape index (κ2) is 4.28. The molecule has 1 aromatic rings. The van der Waals surface area contributed by atoms with Crippen LogP contribution >= 0.6 is 15.9 Å². The first-order chi connectivity index (χ1) is 5.63. The minimum atomic E-state index is -1.03. The molecule has 1 heterocycles. The van der Waals surface area contributed by atoms with E-state index in [1.165, 1.54) is 0 Å². The summed E-state index contributed by atoms with van der Waals surface area (Å²) in [7, 11) is 0. The Kier molecular flexibility index (Phi) is 4.00. The molecule has 4 heteroatoms. The molecule has 1 unspecified atom stereocenters. The fourth-order valence-corrected chi connectivity index (χ4v) is 1.49. The van der Waals surface area contributed by atoms with Crippen LogP contribution in [0.5, 0.6) is 0 Å². The largest absolute Gasteiger partial charge is 0.360 e. The molecule has 1 aliphatic heterocycles. The van der Waals surface area contributed by atoms with E-state index in [1.54, 1.807) is 0 Å². The first-order valence-corrected chi connectivity index (χ1v) is 4.58. The van der Waals surface area contributed by atoms with Crippen LogP contribution in [0, 0.1) is 44.1 Å². The van der Waals surface area contributed by atoms with Crippen LogP contribution in [0.3, 0.4) is 0 Å². The average Bonchev–Trinajstić information content (AvgIpc) is 2.62. The number of hydrogen-bond donors (Lipinski definition) is 1. The zero-order chi connectivity index (χ0) is 8.77. The number of epoxide rings is 1. The monoisotopic (exact) mass is 455 g/mol. The van der Waals surface area contributed by atoms with Gasteiger partial charge < -0.3 is 9.84 Å². The molecular weight excluding hydrogens is 447 g/mol. The molecule has 2 nitrogen and oxygen atoms in total. The molecule has 1 radical (unpaired) electrons. The Morgan fingerprint density at radius 2 is 1.85 bits per heavy atom. The standard InChI is InChI=1S/C9H9BrO2.Ac/c1-6-9(11,12-6)7-2-4-8(10)5-3-7;/h2-6,11H,1H3;/t6?,9-;/m1./s1. The van der Waals surface area contributed by atoms with Crippen LogP contribution < -0.4 is 0 Å². The molecule has 0 spiro atoms. The van der Waals surface area contributed by atoms with Crippen molar-refractivity contribution in [2.75, 3.05) is 0 Å². The van der Waals surface area contributed by atoms with E-state index in [0.717, 1.165) is 10.0 Å². The van der Waals surface area contributed by atoms with E-state index in [0.29, 0.717) is 0 Å². The predicted molar refractivity (Wildman–Crippen MR) is 48.6 cm³/mol. The summed E-state index contributed by atoms with van der Waals surface area (Å²) in [6, 6.07) is 7.49. The molecule has 2 rings (SSSR count). The number of hydrogen-bond acceptors (Lipinski definition) is 2. The number of rotatable bonds is 1. The van der Waals surface area contributed by atoms with Crippen molar-refractivity contribution in [1.82, 2.24) is 0 Å². The zero-order valence-electron chi connectivity index (χ0n) is 7.20. The topological polar surface area (TPSA) is 32.8 Å². The molecule has 2 atom stereocenters. The number of benzene rings is 1. The van der Waals surface area contributed by atoms with Crippen molar-refractivity contribution < 1.29 is 53.9 Å². The second-order valence-electron chi connectivity index (χ2n) is 2.96. The Labute approximate surface area is 121 Å². The van der Waals surface area contributed by atoms with Crippen LogP contribution in [-0.4, -0.2) is 11.2 Å². The van der Waals surface area contributed by atoms with E-state index in [1.807, 2.05) is 31.2 Å². The Morgan fingerprint density at radius 1 is 1.38 bits per heavy atom. The Balaban J connectivity index is 0.000000845. The van der Waals surface area contributed by atoms with Crippen molar-refractivity contribution in [3.8, 4) is 0 Å². The Hall–Kier alpha value is 1.06. The fourth-order valence-electron chi connectivity index (χ4n) is 1.23. The van der Waals surface area contributed by atoms with E-state index in [9.17, 15) is 5.11 Å². The van der Waals surface area contributed by atoms with Gasteiger partial charge in [-0.05, 0) is 19.1 Å². The molecule has 1 saturated heterocycles. The summed E-state index contributed by atoms with van der Waals surface area (Å²) in [6.45, 7) is 1.85. The summed E-state index contributed by atoms with van der Waals surface area (Å²) in [4.78, 5) is 0. The van der Waals surface area contributed by atoms with E-state index in [2.05, 4.69) is 15.9 Å². The minimum absolute atomic E-state index is 0. The molecule has 1 fully saturated rings. The van der Waals surface area contributed by atoms with Gasteiger partial charge in [-0.25, -0.2) is 0 Å². The third kappa shape index (κ3) is 2.35. The van der Waals surface area contributed by atoms with Crippen molar-refractivity contribution in [3.63, 3.8) is 0 Å². The number of ether oxygens (including phenoxy) is 1. The summed E-state index contributed by atoms with van der Waals surface area (Å²) < 4.78 is 6.07. The van der Waals surface area contributed by atoms with Crippen LogP contribution in [0.15, 0.2) is 28.7 Å². The quantitative estimate of drug-likeness (QED) is 0.657. The van der Waals surface area contributed by atoms with E-state index >= 15 is 0 Å². The maximum absolute atomic E-state index is 9.72. The van der Waals surface area contributed by atoms with Crippen molar-refractivity contribution in [2.45, 2.75) is 18.8 Å². The summed E-state index contributed by atoms with van der Waals surface area (Å²) in [5.41, 5.74) is 0.818. The van der Waals surface area contributed by atoms with Gasteiger partial charge in [0.15, 0.2) is 0 Å². The molecule has 0 aliphatic carbocycles. The van der Waals surface area contributed by atoms with Crippen LogP contribution in [0.4, 0.5) is 0 Å². The number of aliphatic hydroxyl groups is 1. The molecule has 0 bridgehead atoms. The fraction of sp³-hybridized carbons (Fsp3) is 0.333. The Bertz CT molecular complexity index is 301. The third-order valence-corrected chi connectivity index (χ3v) is 2.64. The second-order valence-corrected chi connectivity index (χ2v) is 3.88. The van der Waals surface area contributed by atoms with Gasteiger partial charge in [-0.2, -0.15) is 0 Å². The van der Waals surface area contributed by atoms with Gasteiger partial charge in [-0.3, -0.25) is 0 Å². The maximum Gasteiger partial charge on any atom is 0.219 e. The van der Waals surface area contributed by atoms with Gasteiger partial charge in [0, 0.05) is 54.1 Å². The van der Waals surface area contributed by atoms with Gasteiger partial charge in [0.05, 0.1) is 0 Å². The summed E-state index contributed by atoms with van der Waals surface area (Å²) in [5.74, 6) is -1.03. The number of halogens is 1. The van der Waals surface area contributed by atoms with E-state index in [4.69, 9.17) is 4.74 Å². The van der Waals surface area contributed by atoms with Gasteiger partial charge in [0.2, 0.25) is 5.79 Å². The molecule has 1 aliphatic rings. The molecule has 0 saturated carbocycles. The molecule has 13 heavy (non-hydrogen) atoms.